The lowest BCUT2D eigenvalue weighted by molar-refractivity contribution is -0.713. The van der Waals surface area contributed by atoms with E-state index in [1.54, 1.807) is 24.8 Å². The van der Waals surface area contributed by atoms with E-state index in [9.17, 15) is 0 Å². The Morgan fingerprint density at radius 2 is 0.900 bits per heavy atom. The third kappa shape index (κ3) is 2.33. The molecule has 56 valence electrons. The van der Waals surface area contributed by atoms with Crippen molar-refractivity contribution >= 4 is 0 Å². The molecule has 1 nitrogen and oxygen atoms in total. The van der Waals surface area contributed by atoms with Gasteiger partial charge < -0.3 is 17.0 Å². The largest absolute Gasteiger partial charge is 1.00 e. The lowest BCUT2D eigenvalue weighted by Gasteiger charge is -2.18. The van der Waals surface area contributed by atoms with Crippen LogP contribution in [0.25, 0.3) is 0 Å². The molecular weight excluding hydrogens is 190 g/mol. The van der Waals surface area contributed by atoms with Gasteiger partial charge in [0.2, 0.25) is 0 Å². The summed E-state index contributed by atoms with van der Waals surface area (Å²) >= 11 is 0. The Morgan fingerprint density at radius 1 is 0.700 bits per heavy atom. The maximum Gasteiger partial charge on any atom is 0.102 e. The summed E-state index contributed by atoms with van der Waals surface area (Å²) in [6, 6.07) is 0. The Balaban J connectivity index is 0. The fourth-order valence-electron chi connectivity index (χ4n) is 0.447. The van der Waals surface area contributed by atoms with E-state index in [0.717, 1.165) is 0 Å². The molecule has 0 rings (SSSR count). The third-order valence-corrected chi connectivity index (χ3v) is 1.26. The maximum atomic E-state index is 3.60. The second-order valence-electron chi connectivity index (χ2n) is 1.62. The highest BCUT2D eigenvalue weighted by atomic mass is 79.9. The van der Waals surface area contributed by atoms with Crippen molar-refractivity contribution in [1.82, 2.24) is 0 Å². The molecule has 0 radical (unpaired) electrons. The number of hydrogen-bond donors (Lipinski definition) is 0. The van der Waals surface area contributed by atoms with Crippen LogP contribution in [-0.4, -0.2) is 4.48 Å². The molecule has 0 bridgehead atoms. The van der Waals surface area contributed by atoms with E-state index in [2.05, 4.69) is 26.3 Å². The lowest BCUT2D eigenvalue weighted by atomic mass is 10.5. The number of quaternary nitrogens is 1. The SMILES string of the molecule is C=C[N+](C=C)(C=C)C=C.[Br-]. The topological polar surface area (TPSA) is 0 Å². The van der Waals surface area contributed by atoms with E-state index >= 15 is 0 Å². The minimum Gasteiger partial charge on any atom is -1.00 e. The highest BCUT2D eigenvalue weighted by Crippen LogP contribution is 2.08. The van der Waals surface area contributed by atoms with Gasteiger partial charge in [0, 0.05) is 0 Å². The van der Waals surface area contributed by atoms with Gasteiger partial charge >= 0.3 is 0 Å². The van der Waals surface area contributed by atoms with Crippen molar-refractivity contribution < 1.29 is 21.5 Å². The second-order valence-corrected chi connectivity index (χ2v) is 1.62. The Kier molecular flexibility index (Phi) is 6.31. The average Bonchev–Trinajstić information content (AvgIpc) is 1.95. The quantitative estimate of drug-likeness (QED) is 0.533. The van der Waals surface area contributed by atoms with Crippen molar-refractivity contribution in [2.45, 2.75) is 0 Å². The summed E-state index contributed by atoms with van der Waals surface area (Å²) < 4.78 is 0.333. The van der Waals surface area contributed by atoms with E-state index in [1.165, 1.54) is 0 Å². The molecule has 0 saturated carbocycles. The Hall–Kier alpha value is -0.600. The molecule has 0 fully saturated rings. The minimum atomic E-state index is 0. The number of halogens is 1. The fraction of sp³-hybridized carbons (Fsp3) is 0. The van der Waals surface area contributed by atoms with Crippen molar-refractivity contribution in [3.8, 4) is 0 Å². The molecular formula is C8H12BrN. The van der Waals surface area contributed by atoms with Crippen LogP contribution in [-0.2, 0) is 0 Å². The number of hydrogen-bond acceptors (Lipinski definition) is 0. The minimum absolute atomic E-state index is 0. The summed E-state index contributed by atoms with van der Waals surface area (Å²) in [5.41, 5.74) is 0. The summed E-state index contributed by atoms with van der Waals surface area (Å²) in [4.78, 5) is 0. The summed E-state index contributed by atoms with van der Waals surface area (Å²) in [5.74, 6) is 0. The second kappa shape index (κ2) is 5.21. The number of rotatable bonds is 4. The van der Waals surface area contributed by atoms with Crippen LogP contribution in [0.1, 0.15) is 0 Å². The molecule has 0 aliphatic carbocycles. The predicted octanol–water partition coefficient (Wildman–Crippen LogP) is -0.619. The van der Waals surface area contributed by atoms with Crippen molar-refractivity contribution in [1.29, 1.82) is 0 Å². The number of nitrogens with zero attached hydrogens (tertiary/aromatic N) is 1. The van der Waals surface area contributed by atoms with Crippen LogP contribution >= 0.6 is 0 Å². The van der Waals surface area contributed by atoms with Gasteiger partial charge in [-0.3, -0.25) is 0 Å². The molecule has 0 amide bonds. The van der Waals surface area contributed by atoms with Crippen LogP contribution in [0.15, 0.2) is 51.1 Å². The van der Waals surface area contributed by atoms with Crippen LogP contribution in [0.5, 0.6) is 0 Å². The molecule has 10 heavy (non-hydrogen) atoms. The zero-order valence-electron chi connectivity index (χ0n) is 5.96. The molecule has 0 spiro atoms. The average molecular weight is 202 g/mol. The summed E-state index contributed by atoms with van der Waals surface area (Å²) in [6.45, 7) is 14.4. The van der Waals surface area contributed by atoms with Gasteiger partial charge in [0.05, 0.1) is 0 Å². The van der Waals surface area contributed by atoms with E-state index in [4.69, 9.17) is 0 Å². The first-order valence-electron chi connectivity index (χ1n) is 2.67. The molecule has 0 atom stereocenters. The van der Waals surface area contributed by atoms with Gasteiger partial charge in [-0.05, 0) is 26.3 Å². The standard InChI is InChI=1S/C8H12N.BrH/c1-5-9(6-2,7-3)8-4;/h5-8H,1-4H2;1H/q+1;/p-1. The van der Waals surface area contributed by atoms with Crippen LogP contribution in [0.3, 0.4) is 0 Å². The summed E-state index contributed by atoms with van der Waals surface area (Å²) in [7, 11) is 0. The van der Waals surface area contributed by atoms with Gasteiger partial charge in [-0.1, -0.05) is 0 Å². The summed E-state index contributed by atoms with van der Waals surface area (Å²) in [6.07, 6.45) is 6.75. The normalized spacial score (nSPS) is 8.80. The Labute approximate surface area is 73.0 Å². The zero-order valence-corrected chi connectivity index (χ0v) is 7.55. The smallest absolute Gasteiger partial charge is 0.102 e. The molecule has 0 saturated heterocycles. The molecule has 0 N–H and O–H groups in total. The Morgan fingerprint density at radius 3 is 0.900 bits per heavy atom. The first-order chi connectivity index (χ1) is 4.24. The van der Waals surface area contributed by atoms with Gasteiger partial charge in [0.1, 0.15) is 24.8 Å². The summed E-state index contributed by atoms with van der Waals surface area (Å²) in [5, 5.41) is 0. The van der Waals surface area contributed by atoms with Crippen molar-refractivity contribution in [3.63, 3.8) is 0 Å². The van der Waals surface area contributed by atoms with E-state index < -0.39 is 0 Å². The first kappa shape index (κ1) is 12.1. The molecule has 0 unspecified atom stereocenters. The van der Waals surface area contributed by atoms with E-state index in [-0.39, 0.29) is 17.0 Å². The van der Waals surface area contributed by atoms with Crippen molar-refractivity contribution in [3.05, 3.63) is 51.1 Å². The molecule has 2 heteroatoms. The van der Waals surface area contributed by atoms with E-state index in [0.29, 0.717) is 4.48 Å². The van der Waals surface area contributed by atoms with Gasteiger partial charge in [-0.25, -0.2) is 4.48 Å². The van der Waals surface area contributed by atoms with Crippen LogP contribution in [0, 0.1) is 0 Å². The Bertz CT molecular complexity index is 112. The predicted molar refractivity (Wildman–Crippen MR) is 41.0 cm³/mol. The van der Waals surface area contributed by atoms with Crippen LogP contribution in [0.4, 0.5) is 0 Å². The third-order valence-electron chi connectivity index (χ3n) is 1.26. The van der Waals surface area contributed by atoms with Gasteiger partial charge in [-0.15, -0.1) is 0 Å². The molecule has 0 aromatic carbocycles. The highest BCUT2D eigenvalue weighted by Gasteiger charge is 2.08. The molecule has 0 aromatic rings. The van der Waals surface area contributed by atoms with Crippen LogP contribution in [0.2, 0.25) is 0 Å². The molecule has 0 heterocycles. The molecule has 0 aromatic heterocycles. The zero-order chi connectivity index (χ0) is 7.33. The van der Waals surface area contributed by atoms with E-state index in [1.807, 2.05) is 0 Å². The van der Waals surface area contributed by atoms with Gasteiger partial charge in [0.25, 0.3) is 0 Å². The fourth-order valence-corrected chi connectivity index (χ4v) is 0.447. The monoisotopic (exact) mass is 201 g/mol. The molecule has 0 aliphatic rings. The molecule has 0 aliphatic heterocycles. The lowest BCUT2D eigenvalue weighted by Crippen LogP contribution is -3.00. The maximum absolute atomic E-state index is 3.60. The van der Waals surface area contributed by atoms with Crippen molar-refractivity contribution in [2.75, 3.05) is 0 Å². The van der Waals surface area contributed by atoms with Crippen molar-refractivity contribution in [2.24, 2.45) is 0 Å². The van der Waals surface area contributed by atoms with Gasteiger partial charge in [0.15, 0.2) is 0 Å². The van der Waals surface area contributed by atoms with Crippen LogP contribution < -0.4 is 17.0 Å². The highest BCUT2D eigenvalue weighted by molar-refractivity contribution is 4.79. The van der Waals surface area contributed by atoms with Gasteiger partial charge in [-0.2, -0.15) is 0 Å². The first-order valence-corrected chi connectivity index (χ1v) is 2.67.